The van der Waals surface area contributed by atoms with E-state index in [1.54, 1.807) is 0 Å². The van der Waals surface area contributed by atoms with Gasteiger partial charge in [-0.25, -0.2) is 9.97 Å². The quantitative estimate of drug-likeness (QED) is 0.158. The van der Waals surface area contributed by atoms with Crippen LogP contribution in [0.1, 0.15) is 19.0 Å². The van der Waals surface area contributed by atoms with E-state index >= 15 is 0 Å². The summed E-state index contributed by atoms with van der Waals surface area (Å²) >= 11 is 0. The summed E-state index contributed by atoms with van der Waals surface area (Å²) in [6.07, 6.45) is -7.22. The highest BCUT2D eigenvalue weighted by atomic mass is 127. The Labute approximate surface area is 187 Å². The molecule has 1 aliphatic rings. The van der Waals surface area contributed by atoms with Crippen LogP contribution < -0.4 is 16.0 Å². The third kappa shape index (κ3) is 9.49. The van der Waals surface area contributed by atoms with Gasteiger partial charge in [0.25, 0.3) is 0 Å². The van der Waals surface area contributed by atoms with Crippen LogP contribution in [0.2, 0.25) is 0 Å². The van der Waals surface area contributed by atoms with E-state index in [1.165, 1.54) is 4.90 Å². The number of aromatic nitrogens is 2. The minimum absolute atomic E-state index is 0. The Morgan fingerprint density at radius 2 is 2.00 bits per heavy atom. The lowest BCUT2D eigenvalue weighted by molar-refractivity contribution is -0.143. The second-order valence-electron chi connectivity index (χ2n) is 6.43. The van der Waals surface area contributed by atoms with E-state index < -0.39 is 24.6 Å². The number of hydrogen-bond acceptors (Lipinski definition) is 5. The first-order valence-electron chi connectivity index (χ1n) is 9.05. The Bertz CT molecular complexity index is 683. The molecule has 0 aromatic carbocycles. The van der Waals surface area contributed by atoms with Gasteiger partial charge in [-0.05, 0) is 19.4 Å². The maximum atomic E-state index is 12.6. The number of alkyl halides is 6. The van der Waals surface area contributed by atoms with E-state index in [0.717, 1.165) is 12.3 Å². The summed E-state index contributed by atoms with van der Waals surface area (Å²) in [4.78, 5) is 12.7. The molecule has 2 rings (SSSR count). The van der Waals surface area contributed by atoms with Crippen molar-refractivity contribution >= 4 is 35.9 Å². The molecule has 3 N–H and O–H groups in total. The first kappa shape index (κ1) is 26.5. The maximum absolute atomic E-state index is 12.6. The molecule has 172 valence electrons. The largest absolute Gasteiger partial charge is 0.433 e. The molecule has 1 saturated heterocycles. The molecule has 0 radical (unpaired) electrons. The van der Waals surface area contributed by atoms with Crippen LogP contribution in [0.25, 0.3) is 0 Å². The Morgan fingerprint density at radius 1 is 1.27 bits per heavy atom. The second kappa shape index (κ2) is 11.7. The molecule has 30 heavy (non-hydrogen) atoms. The van der Waals surface area contributed by atoms with Crippen molar-refractivity contribution in [1.82, 2.24) is 25.5 Å². The first-order valence-corrected chi connectivity index (χ1v) is 9.05. The fraction of sp³-hybridized carbons (Fsp3) is 0.688. The molecule has 2 heterocycles. The van der Waals surface area contributed by atoms with E-state index in [1.807, 2.05) is 6.92 Å². The number of nitrogens with one attached hydrogen (secondary N) is 3. The van der Waals surface area contributed by atoms with Crippen LogP contribution in [0.3, 0.4) is 0 Å². The van der Waals surface area contributed by atoms with Gasteiger partial charge in [-0.3, -0.25) is 9.89 Å². The lowest BCUT2D eigenvalue weighted by Gasteiger charge is -2.19. The van der Waals surface area contributed by atoms with Crippen molar-refractivity contribution in [2.24, 2.45) is 4.99 Å². The Hall–Kier alpha value is -1.58. The van der Waals surface area contributed by atoms with Gasteiger partial charge in [0.1, 0.15) is 5.69 Å². The standard InChI is InChI=1S/C16H23F6N7.HI/c1-2-23-13(27-11-4-8-29(9-11)10-15(17,18)19)25-6-7-26-14-24-5-3-12(28-14)16(20,21)22;/h3,5,11H,2,4,6-10H2,1H3,(H2,23,25,27)(H,24,26,28);1H. The van der Waals surface area contributed by atoms with Crippen molar-refractivity contribution in [3.05, 3.63) is 18.0 Å². The van der Waals surface area contributed by atoms with E-state index in [-0.39, 0.29) is 55.6 Å². The predicted molar refractivity (Wildman–Crippen MR) is 111 cm³/mol. The van der Waals surface area contributed by atoms with Crippen molar-refractivity contribution in [2.75, 3.05) is 44.6 Å². The monoisotopic (exact) mass is 555 g/mol. The van der Waals surface area contributed by atoms with Gasteiger partial charge < -0.3 is 16.0 Å². The molecule has 1 fully saturated rings. The van der Waals surface area contributed by atoms with E-state index in [4.69, 9.17) is 0 Å². The van der Waals surface area contributed by atoms with Crippen LogP contribution in [0, 0.1) is 0 Å². The van der Waals surface area contributed by atoms with Gasteiger partial charge in [0, 0.05) is 38.4 Å². The zero-order valence-electron chi connectivity index (χ0n) is 16.1. The van der Waals surface area contributed by atoms with Gasteiger partial charge in [0.05, 0.1) is 13.1 Å². The van der Waals surface area contributed by atoms with E-state index in [2.05, 4.69) is 30.9 Å². The average Bonchev–Trinajstić information content (AvgIpc) is 3.03. The second-order valence-corrected chi connectivity index (χ2v) is 6.43. The summed E-state index contributed by atoms with van der Waals surface area (Å²) < 4.78 is 75.3. The number of rotatable bonds is 7. The molecule has 14 heteroatoms. The number of nitrogens with zero attached hydrogens (tertiary/aromatic N) is 4. The topological polar surface area (TPSA) is 77.5 Å². The van der Waals surface area contributed by atoms with E-state index in [9.17, 15) is 26.3 Å². The first-order chi connectivity index (χ1) is 13.6. The molecule has 0 spiro atoms. The third-order valence-electron chi connectivity index (χ3n) is 3.97. The van der Waals surface area contributed by atoms with E-state index in [0.29, 0.717) is 25.5 Å². The zero-order chi connectivity index (χ0) is 21.5. The number of guanidine groups is 1. The minimum atomic E-state index is -4.55. The average molecular weight is 555 g/mol. The van der Waals surface area contributed by atoms with Gasteiger partial charge in [0.15, 0.2) is 5.96 Å². The number of aliphatic imine (C=N–C) groups is 1. The Balaban J connectivity index is 0.00000450. The smallest absolute Gasteiger partial charge is 0.357 e. The van der Waals surface area contributed by atoms with Gasteiger partial charge in [0.2, 0.25) is 5.95 Å². The number of hydrogen-bond donors (Lipinski definition) is 3. The lowest BCUT2D eigenvalue weighted by atomic mass is 10.3. The maximum Gasteiger partial charge on any atom is 0.433 e. The number of halogens is 7. The fourth-order valence-corrected chi connectivity index (χ4v) is 2.80. The summed E-state index contributed by atoms with van der Waals surface area (Å²) in [5.41, 5.74) is -1.04. The molecular weight excluding hydrogens is 531 g/mol. The predicted octanol–water partition coefficient (Wildman–Crippen LogP) is 2.72. The molecule has 0 aliphatic carbocycles. The minimum Gasteiger partial charge on any atom is -0.357 e. The van der Waals surface area contributed by atoms with Crippen LogP contribution in [0.5, 0.6) is 0 Å². The van der Waals surface area contributed by atoms with Crippen LogP contribution in [-0.2, 0) is 6.18 Å². The molecule has 1 unspecified atom stereocenters. The van der Waals surface area contributed by atoms with Crippen LogP contribution in [0.15, 0.2) is 17.3 Å². The van der Waals surface area contributed by atoms with Crippen molar-refractivity contribution in [3.8, 4) is 0 Å². The van der Waals surface area contributed by atoms with Crippen molar-refractivity contribution in [3.63, 3.8) is 0 Å². The van der Waals surface area contributed by atoms with Crippen molar-refractivity contribution < 1.29 is 26.3 Å². The molecule has 1 aliphatic heterocycles. The van der Waals surface area contributed by atoms with Crippen LogP contribution in [-0.4, -0.2) is 72.3 Å². The molecule has 7 nitrogen and oxygen atoms in total. The van der Waals surface area contributed by atoms with Crippen LogP contribution >= 0.6 is 24.0 Å². The SMILES string of the molecule is CCNC(=NCCNc1nccc(C(F)(F)F)n1)NC1CCN(CC(F)(F)F)C1.I. The van der Waals surface area contributed by atoms with Crippen molar-refractivity contribution in [1.29, 1.82) is 0 Å². The summed E-state index contributed by atoms with van der Waals surface area (Å²) in [5.74, 6) is 0.268. The summed E-state index contributed by atoms with van der Waals surface area (Å²) in [7, 11) is 0. The van der Waals surface area contributed by atoms with Gasteiger partial charge in [-0.2, -0.15) is 26.3 Å². The molecule has 1 aromatic heterocycles. The summed E-state index contributed by atoms with van der Waals surface area (Å²) in [6, 6.07) is 0.607. The van der Waals surface area contributed by atoms with Gasteiger partial charge in [-0.15, -0.1) is 24.0 Å². The van der Waals surface area contributed by atoms with Gasteiger partial charge in [-0.1, -0.05) is 0 Å². The molecule has 0 amide bonds. The molecule has 1 atom stereocenters. The molecule has 0 bridgehead atoms. The summed E-state index contributed by atoms with van der Waals surface area (Å²) in [5, 5.41) is 8.74. The zero-order valence-corrected chi connectivity index (χ0v) is 18.5. The molecular formula is C16H24F6IN7. The third-order valence-corrected chi connectivity index (χ3v) is 3.97. The normalized spacial score (nSPS) is 18.1. The molecule has 0 saturated carbocycles. The lowest BCUT2D eigenvalue weighted by Crippen LogP contribution is -2.45. The van der Waals surface area contributed by atoms with Crippen LogP contribution in [0.4, 0.5) is 32.3 Å². The van der Waals surface area contributed by atoms with Crippen molar-refractivity contribution in [2.45, 2.75) is 31.7 Å². The number of anilines is 1. The summed E-state index contributed by atoms with van der Waals surface area (Å²) in [6.45, 7) is 2.42. The fourth-order valence-electron chi connectivity index (χ4n) is 2.80. The highest BCUT2D eigenvalue weighted by Crippen LogP contribution is 2.27. The molecule has 1 aromatic rings. The Morgan fingerprint density at radius 3 is 2.63 bits per heavy atom. The highest BCUT2D eigenvalue weighted by molar-refractivity contribution is 14.0. The number of likely N-dealkylation sites (tertiary alicyclic amines) is 1. The Kier molecular flexibility index (Phi) is 10.3. The van der Waals surface area contributed by atoms with Gasteiger partial charge >= 0.3 is 12.4 Å². The highest BCUT2D eigenvalue weighted by Gasteiger charge is 2.34.